The van der Waals surface area contributed by atoms with Crippen LogP contribution in [0.25, 0.3) is 0 Å². The molecule has 0 fully saturated rings. The molecule has 0 heterocycles. The van der Waals surface area contributed by atoms with E-state index in [0.717, 1.165) is 22.5 Å². The van der Waals surface area contributed by atoms with Gasteiger partial charge in [0.25, 0.3) is 5.91 Å². The summed E-state index contributed by atoms with van der Waals surface area (Å²) in [7, 11) is 0. The van der Waals surface area contributed by atoms with E-state index in [2.05, 4.69) is 13.2 Å². The third kappa shape index (κ3) is 3.47. The van der Waals surface area contributed by atoms with Crippen LogP contribution in [0.5, 0.6) is 0 Å². The van der Waals surface area contributed by atoms with Crippen LogP contribution in [0.15, 0.2) is 77.7 Å². The van der Waals surface area contributed by atoms with E-state index in [1.165, 1.54) is 10.5 Å². The molecule has 2 nitrogen and oxygen atoms in total. The molecule has 1 amide bonds. The van der Waals surface area contributed by atoms with Crippen molar-refractivity contribution in [3.63, 3.8) is 0 Å². The minimum absolute atomic E-state index is 0.00865. The molecule has 0 aliphatic carbocycles. The maximum atomic E-state index is 13.4. The van der Waals surface area contributed by atoms with Crippen molar-refractivity contribution in [3.05, 3.63) is 89.5 Å². The van der Waals surface area contributed by atoms with Crippen molar-refractivity contribution >= 4 is 29.0 Å². The molecule has 0 atom stereocenters. The second-order valence-electron chi connectivity index (χ2n) is 5.88. The van der Waals surface area contributed by atoms with Crippen LogP contribution in [0.3, 0.4) is 0 Å². The second-order valence-corrected chi connectivity index (χ2v) is 6.73. The number of benzene rings is 3. The Hall–Kier alpha value is -2.52. The molecule has 25 heavy (non-hydrogen) atoms. The predicted octanol–water partition coefficient (Wildman–Crippen LogP) is 6.00. The van der Waals surface area contributed by atoms with Gasteiger partial charge in [-0.15, -0.1) is 11.8 Å². The zero-order valence-corrected chi connectivity index (χ0v) is 15.5. The summed E-state index contributed by atoms with van der Waals surface area (Å²) < 4.78 is 0. The van der Waals surface area contributed by atoms with Gasteiger partial charge in [-0.25, -0.2) is 0 Å². The van der Waals surface area contributed by atoms with Gasteiger partial charge in [-0.3, -0.25) is 9.69 Å². The summed E-state index contributed by atoms with van der Waals surface area (Å²) in [5, 5.41) is 0. The molecule has 3 rings (SSSR count). The lowest BCUT2D eigenvalue weighted by Crippen LogP contribution is -2.26. The quantitative estimate of drug-likeness (QED) is 0.539. The highest BCUT2D eigenvalue weighted by Gasteiger charge is 2.22. The Kier molecular flexibility index (Phi) is 5.25. The van der Waals surface area contributed by atoms with Gasteiger partial charge in [-0.05, 0) is 67.6 Å². The van der Waals surface area contributed by atoms with Crippen molar-refractivity contribution in [1.82, 2.24) is 0 Å². The predicted molar refractivity (Wildman–Crippen MR) is 107 cm³/mol. The number of hydrogen-bond acceptors (Lipinski definition) is 2. The molecule has 0 radical (unpaired) electrons. The highest BCUT2D eigenvalue weighted by Crippen LogP contribution is 2.30. The van der Waals surface area contributed by atoms with E-state index in [1.54, 1.807) is 16.7 Å². The Labute approximate surface area is 153 Å². The molecule has 0 aromatic heterocycles. The van der Waals surface area contributed by atoms with E-state index >= 15 is 0 Å². The molecule has 0 spiro atoms. The Morgan fingerprint density at radius 3 is 1.76 bits per heavy atom. The van der Waals surface area contributed by atoms with Crippen molar-refractivity contribution in [2.24, 2.45) is 0 Å². The maximum Gasteiger partial charge on any atom is 0.263 e. The molecule has 0 saturated heterocycles. The van der Waals surface area contributed by atoms with Crippen molar-refractivity contribution in [2.45, 2.75) is 18.7 Å². The van der Waals surface area contributed by atoms with Gasteiger partial charge in [0.15, 0.2) is 0 Å². The minimum Gasteiger partial charge on any atom is -0.277 e. The van der Waals surface area contributed by atoms with E-state index in [4.69, 9.17) is 0 Å². The van der Waals surface area contributed by atoms with Gasteiger partial charge in [0.05, 0.1) is 0 Å². The Bertz CT molecular complexity index is 836. The molecule has 0 aliphatic heterocycles. The SMILES string of the molecule is CSc1ccc(C(=O)N(c2ccccc2)c2ccccc2)c(C)c1C. The fourth-order valence-electron chi connectivity index (χ4n) is 2.91. The summed E-state index contributed by atoms with van der Waals surface area (Å²) >= 11 is 1.71. The van der Waals surface area contributed by atoms with Crippen molar-refractivity contribution in [1.29, 1.82) is 0 Å². The van der Waals surface area contributed by atoms with Crippen molar-refractivity contribution < 1.29 is 4.79 Å². The molecule has 0 unspecified atom stereocenters. The van der Waals surface area contributed by atoms with Gasteiger partial charge in [0.1, 0.15) is 0 Å². The molecule has 0 saturated carbocycles. The lowest BCUT2D eigenvalue weighted by molar-refractivity contribution is 0.0998. The number of rotatable bonds is 4. The number of anilines is 2. The van der Waals surface area contributed by atoms with Crippen LogP contribution in [-0.2, 0) is 0 Å². The summed E-state index contributed by atoms with van der Waals surface area (Å²) in [6.07, 6.45) is 2.06. The number of hydrogen-bond donors (Lipinski definition) is 0. The number of nitrogens with zero attached hydrogens (tertiary/aromatic N) is 1. The fraction of sp³-hybridized carbons (Fsp3) is 0.136. The summed E-state index contributed by atoms with van der Waals surface area (Å²) in [6.45, 7) is 4.10. The minimum atomic E-state index is -0.00865. The Morgan fingerprint density at radius 2 is 1.28 bits per heavy atom. The number of carbonyl (C=O) groups excluding carboxylic acids is 1. The molecule has 3 aromatic carbocycles. The van der Waals surface area contributed by atoms with Crippen LogP contribution < -0.4 is 4.90 Å². The van der Waals surface area contributed by atoms with E-state index in [9.17, 15) is 4.79 Å². The van der Waals surface area contributed by atoms with Gasteiger partial charge in [-0.1, -0.05) is 36.4 Å². The summed E-state index contributed by atoms with van der Waals surface area (Å²) in [5.41, 5.74) is 4.67. The molecule has 3 heteroatoms. The van der Waals surface area contributed by atoms with E-state index < -0.39 is 0 Å². The first-order valence-electron chi connectivity index (χ1n) is 8.22. The smallest absolute Gasteiger partial charge is 0.263 e. The van der Waals surface area contributed by atoms with Crippen LogP contribution in [0, 0.1) is 13.8 Å². The summed E-state index contributed by atoms with van der Waals surface area (Å²) in [6, 6.07) is 23.5. The van der Waals surface area contributed by atoms with E-state index in [0.29, 0.717) is 0 Å². The third-order valence-electron chi connectivity index (χ3n) is 4.42. The normalized spacial score (nSPS) is 10.5. The highest BCUT2D eigenvalue weighted by atomic mass is 32.2. The molecule has 3 aromatic rings. The van der Waals surface area contributed by atoms with Crippen LogP contribution >= 0.6 is 11.8 Å². The molecule has 0 aliphatic rings. The van der Waals surface area contributed by atoms with E-state index in [1.807, 2.05) is 79.7 Å². The van der Waals surface area contributed by atoms with Crippen molar-refractivity contribution in [3.8, 4) is 0 Å². The summed E-state index contributed by atoms with van der Waals surface area (Å²) in [4.78, 5) is 16.4. The maximum absolute atomic E-state index is 13.4. The largest absolute Gasteiger partial charge is 0.277 e. The highest BCUT2D eigenvalue weighted by molar-refractivity contribution is 7.98. The lowest BCUT2D eigenvalue weighted by atomic mass is 10.0. The molecular weight excluding hydrogens is 326 g/mol. The number of thioether (sulfide) groups is 1. The number of amides is 1. The van der Waals surface area contributed by atoms with Crippen LogP contribution in [-0.4, -0.2) is 12.2 Å². The van der Waals surface area contributed by atoms with Crippen LogP contribution in [0.1, 0.15) is 21.5 Å². The van der Waals surface area contributed by atoms with Crippen LogP contribution in [0.4, 0.5) is 11.4 Å². The molecule has 0 N–H and O–H groups in total. The average Bonchev–Trinajstić information content (AvgIpc) is 2.66. The van der Waals surface area contributed by atoms with Gasteiger partial charge < -0.3 is 0 Å². The second kappa shape index (κ2) is 7.58. The average molecular weight is 347 g/mol. The first-order chi connectivity index (χ1) is 12.1. The summed E-state index contributed by atoms with van der Waals surface area (Å²) in [5.74, 6) is -0.00865. The van der Waals surface area contributed by atoms with Crippen LogP contribution in [0.2, 0.25) is 0 Å². The van der Waals surface area contributed by atoms with Gasteiger partial charge in [-0.2, -0.15) is 0 Å². The first-order valence-corrected chi connectivity index (χ1v) is 9.44. The Morgan fingerprint density at radius 1 is 0.760 bits per heavy atom. The fourth-order valence-corrected chi connectivity index (χ4v) is 3.57. The zero-order chi connectivity index (χ0) is 17.8. The standard InChI is InChI=1S/C22H21NOS/c1-16-17(2)21(25-3)15-14-20(16)22(24)23(18-10-6-4-7-11-18)19-12-8-5-9-13-19/h4-15H,1-3H3. The molecule has 126 valence electrons. The molecular formula is C22H21NOS. The monoisotopic (exact) mass is 347 g/mol. The number of para-hydroxylation sites is 2. The lowest BCUT2D eigenvalue weighted by Gasteiger charge is -2.24. The Balaban J connectivity index is 2.12. The topological polar surface area (TPSA) is 20.3 Å². The van der Waals surface area contributed by atoms with Gasteiger partial charge in [0, 0.05) is 21.8 Å². The first kappa shape index (κ1) is 17.3. The zero-order valence-electron chi connectivity index (χ0n) is 14.7. The number of carbonyl (C=O) groups is 1. The third-order valence-corrected chi connectivity index (χ3v) is 5.30. The molecule has 0 bridgehead atoms. The van der Waals surface area contributed by atoms with Crippen molar-refractivity contribution in [2.75, 3.05) is 11.2 Å². The van der Waals surface area contributed by atoms with E-state index in [-0.39, 0.29) is 5.91 Å². The van der Waals surface area contributed by atoms with Gasteiger partial charge in [0.2, 0.25) is 0 Å². The van der Waals surface area contributed by atoms with Gasteiger partial charge >= 0.3 is 0 Å².